The number of nitrogens with zero attached hydrogens (tertiary/aromatic N) is 3. The third kappa shape index (κ3) is 2.80. The molecule has 0 aliphatic carbocycles. The Morgan fingerprint density at radius 3 is 2.90 bits per heavy atom. The summed E-state index contributed by atoms with van der Waals surface area (Å²) >= 11 is 0. The maximum Gasteiger partial charge on any atom is 0.352 e. The molecule has 1 aromatic rings. The summed E-state index contributed by atoms with van der Waals surface area (Å²) in [6.07, 6.45) is 0.132. The zero-order valence-electron chi connectivity index (χ0n) is 10.3. The first kappa shape index (κ1) is 13.7. The van der Waals surface area contributed by atoms with E-state index in [1.165, 1.54) is 12.1 Å². The van der Waals surface area contributed by atoms with Crippen molar-refractivity contribution >= 4 is 17.6 Å². The molecule has 1 amide bonds. The zero-order chi connectivity index (χ0) is 14.7. The second kappa shape index (κ2) is 5.48. The van der Waals surface area contributed by atoms with Crippen molar-refractivity contribution in [2.75, 3.05) is 0 Å². The Balaban J connectivity index is 2.29. The Morgan fingerprint density at radius 2 is 2.25 bits per heavy atom. The van der Waals surface area contributed by atoms with E-state index < -0.39 is 11.8 Å². The van der Waals surface area contributed by atoms with Gasteiger partial charge < -0.3 is 5.11 Å². The summed E-state index contributed by atoms with van der Waals surface area (Å²) in [7, 11) is 0. The van der Waals surface area contributed by atoms with Crippen LogP contribution >= 0.6 is 0 Å². The molecule has 0 saturated carbocycles. The predicted octanol–water partition coefficient (Wildman–Crippen LogP) is 1.26. The lowest BCUT2D eigenvalue weighted by Gasteiger charge is -2.22. The van der Waals surface area contributed by atoms with E-state index in [1.54, 1.807) is 0 Å². The molecule has 20 heavy (non-hydrogen) atoms. The van der Waals surface area contributed by atoms with Gasteiger partial charge in [0.25, 0.3) is 0 Å². The van der Waals surface area contributed by atoms with Gasteiger partial charge in [-0.2, -0.15) is 10.4 Å². The Bertz CT molecular complexity index is 649. The summed E-state index contributed by atoms with van der Waals surface area (Å²) in [6.45, 7) is -0.0568. The fourth-order valence-corrected chi connectivity index (χ4v) is 1.83. The van der Waals surface area contributed by atoms with E-state index in [0.29, 0.717) is 5.56 Å². The number of carbonyl (C=O) groups excluding carboxylic acids is 1. The average Bonchev–Trinajstić information content (AvgIpc) is 2.42. The van der Waals surface area contributed by atoms with Crippen LogP contribution in [-0.2, 0) is 16.1 Å². The van der Waals surface area contributed by atoms with Crippen LogP contribution in [0.15, 0.2) is 23.3 Å². The molecule has 1 aliphatic heterocycles. The van der Waals surface area contributed by atoms with Gasteiger partial charge in [-0.1, -0.05) is 6.07 Å². The lowest BCUT2D eigenvalue weighted by Crippen LogP contribution is -2.34. The van der Waals surface area contributed by atoms with Crippen molar-refractivity contribution in [2.24, 2.45) is 5.10 Å². The first-order valence-corrected chi connectivity index (χ1v) is 5.81. The van der Waals surface area contributed by atoms with Gasteiger partial charge in [0.15, 0.2) is 0 Å². The first-order valence-electron chi connectivity index (χ1n) is 5.81. The van der Waals surface area contributed by atoms with Gasteiger partial charge in [0.05, 0.1) is 18.2 Å². The first-order chi connectivity index (χ1) is 9.51. The Labute approximate surface area is 113 Å². The van der Waals surface area contributed by atoms with Crippen molar-refractivity contribution in [3.05, 3.63) is 35.1 Å². The molecule has 0 aromatic heterocycles. The van der Waals surface area contributed by atoms with Crippen LogP contribution in [0.3, 0.4) is 0 Å². The van der Waals surface area contributed by atoms with Gasteiger partial charge in [-0.15, -0.1) is 0 Å². The minimum absolute atomic E-state index is 0.0498. The summed E-state index contributed by atoms with van der Waals surface area (Å²) in [5.74, 6) is -2.06. The summed E-state index contributed by atoms with van der Waals surface area (Å²) in [6, 6.07) is 5.45. The highest BCUT2D eigenvalue weighted by molar-refractivity contribution is 6.36. The molecule has 1 aliphatic rings. The van der Waals surface area contributed by atoms with Crippen LogP contribution in [0.5, 0.6) is 0 Å². The molecule has 1 N–H and O–H groups in total. The van der Waals surface area contributed by atoms with Gasteiger partial charge in [-0.3, -0.25) is 4.79 Å². The topological polar surface area (TPSA) is 93.8 Å². The molecule has 1 heterocycles. The van der Waals surface area contributed by atoms with Crippen molar-refractivity contribution in [3.63, 3.8) is 0 Å². The number of hydrogen-bond donors (Lipinski definition) is 1. The normalized spacial score (nSPS) is 14.7. The third-order valence-electron chi connectivity index (χ3n) is 2.86. The van der Waals surface area contributed by atoms with Gasteiger partial charge in [0.2, 0.25) is 5.91 Å². The van der Waals surface area contributed by atoms with Gasteiger partial charge in [0.1, 0.15) is 11.5 Å². The molecule has 0 spiro atoms. The van der Waals surface area contributed by atoms with E-state index in [1.807, 2.05) is 6.07 Å². The molecule has 7 heteroatoms. The fraction of sp³-hybridized carbons (Fsp3) is 0.231. The minimum atomic E-state index is -1.18. The molecule has 0 fully saturated rings. The van der Waals surface area contributed by atoms with Crippen LogP contribution in [0.2, 0.25) is 0 Å². The van der Waals surface area contributed by atoms with Crippen LogP contribution in [0.4, 0.5) is 4.39 Å². The molecular formula is C13H10FN3O3. The number of nitriles is 1. The summed E-state index contributed by atoms with van der Waals surface area (Å²) in [5, 5.41) is 22.6. The second-order valence-electron chi connectivity index (χ2n) is 4.22. The molecule has 0 saturated heterocycles. The van der Waals surface area contributed by atoms with Crippen molar-refractivity contribution in [3.8, 4) is 6.07 Å². The fourth-order valence-electron chi connectivity index (χ4n) is 1.83. The minimum Gasteiger partial charge on any atom is -0.477 e. The summed E-state index contributed by atoms with van der Waals surface area (Å²) < 4.78 is 13.0. The molecule has 2 rings (SSSR count). The van der Waals surface area contributed by atoms with Crippen molar-refractivity contribution in [1.29, 1.82) is 5.26 Å². The molecule has 0 atom stereocenters. The third-order valence-corrected chi connectivity index (χ3v) is 2.86. The number of carboxylic acids is 1. The summed E-state index contributed by atoms with van der Waals surface area (Å²) in [5.41, 5.74) is 0.401. The predicted molar refractivity (Wildman–Crippen MR) is 66.0 cm³/mol. The summed E-state index contributed by atoms with van der Waals surface area (Å²) in [4.78, 5) is 22.6. The lowest BCUT2D eigenvalue weighted by atomic mass is 10.1. The van der Waals surface area contributed by atoms with Crippen LogP contribution in [0.1, 0.15) is 24.0 Å². The molecule has 102 valence electrons. The maximum atomic E-state index is 13.0. The van der Waals surface area contributed by atoms with Crippen LogP contribution in [0, 0.1) is 17.1 Å². The molecule has 0 radical (unpaired) electrons. The standard InChI is InChI=1S/C13H10FN3O3/c14-10-2-1-8(9(5-10)6-15)7-17-12(18)4-3-11(16-17)13(19)20/h1-2,5H,3-4,7H2,(H,19,20). The van der Waals surface area contributed by atoms with Gasteiger partial charge in [-0.25, -0.2) is 14.2 Å². The van der Waals surface area contributed by atoms with E-state index in [4.69, 9.17) is 10.4 Å². The average molecular weight is 275 g/mol. The van der Waals surface area contributed by atoms with Crippen molar-refractivity contribution in [2.45, 2.75) is 19.4 Å². The van der Waals surface area contributed by atoms with E-state index in [0.717, 1.165) is 11.1 Å². The van der Waals surface area contributed by atoms with E-state index in [-0.39, 0.29) is 36.6 Å². The molecule has 1 aromatic carbocycles. The number of aliphatic carboxylic acids is 1. The largest absolute Gasteiger partial charge is 0.477 e. The Hall–Kier alpha value is -2.75. The van der Waals surface area contributed by atoms with Gasteiger partial charge in [-0.05, 0) is 17.7 Å². The number of hydrazone groups is 1. The number of hydrogen-bond acceptors (Lipinski definition) is 4. The number of amides is 1. The SMILES string of the molecule is N#Cc1cc(F)ccc1CN1N=C(C(=O)O)CCC1=O. The number of halogens is 1. The molecule has 0 bridgehead atoms. The highest BCUT2D eigenvalue weighted by Crippen LogP contribution is 2.17. The van der Waals surface area contributed by atoms with Crippen LogP contribution in [0.25, 0.3) is 0 Å². The zero-order valence-corrected chi connectivity index (χ0v) is 10.3. The number of rotatable bonds is 3. The van der Waals surface area contributed by atoms with Gasteiger partial charge >= 0.3 is 5.97 Å². The van der Waals surface area contributed by atoms with Crippen LogP contribution < -0.4 is 0 Å². The van der Waals surface area contributed by atoms with E-state index in [9.17, 15) is 14.0 Å². The maximum absolute atomic E-state index is 13.0. The van der Waals surface area contributed by atoms with Crippen molar-refractivity contribution in [1.82, 2.24) is 5.01 Å². The monoisotopic (exact) mass is 275 g/mol. The smallest absolute Gasteiger partial charge is 0.352 e. The van der Waals surface area contributed by atoms with E-state index in [2.05, 4.69) is 5.10 Å². The highest BCUT2D eigenvalue weighted by atomic mass is 19.1. The molecule has 0 unspecified atom stereocenters. The number of carboxylic acid groups (broad SMARTS) is 1. The second-order valence-corrected chi connectivity index (χ2v) is 4.22. The molecule has 6 nitrogen and oxygen atoms in total. The van der Waals surface area contributed by atoms with Crippen LogP contribution in [-0.4, -0.2) is 27.7 Å². The van der Waals surface area contributed by atoms with Gasteiger partial charge in [0, 0.05) is 12.8 Å². The number of benzene rings is 1. The quantitative estimate of drug-likeness (QED) is 0.898. The highest BCUT2D eigenvalue weighted by Gasteiger charge is 2.24. The lowest BCUT2D eigenvalue weighted by molar-refractivity contribution is -0.133. The number of carbonyl (C=O) groups is 2. The van der Waals surface area contributed by atoms with Crippen molar-refractivity contribution < 1.29 is 19.1 Å². The van der Waals surface area contributed by atoms with E-state index >= 15 is 0 Å². The molecular weight excluding hydrogens is 265 g/mol. The Morgan fingerprint density at radius 1 is 1.50 bits per heavy atom. The Kier molecular flexibility index (Phi) is 3.75.